The van der Waals surface area contributed by atoms with Gasteiger partial charge in [-0.3, -0.25) is 9.69 Å². The van der Waals surface area contributed by atoms with Crippen LogP contribution in [0.1, 0.15) is 12.5 Å². The fourth-order valence-electron chi connectivity index (χ4n) is 2.98. The van der Waals surface area contributed by atoms with E-state index < -0.39 is 0 Å². The maximum atomic E-state index is 13.1. The topological polar surface area (TPSA) is 40.6 Å². The fourth-order valence-corrected chi connectivity index (χ4v) is 3.72. The lowest BCUT2D eigenvalue weighted by atomic mass is 10.1. The highest BCUT2D eigenvalue weighted by Crippen LogP contribution is 2.27. The molecule has 0 radical (unpaired) electrons. The molecule has 0 aromatic heterocycles. The van der Waals surface area contributed by atoms with Crippen LogP contribution in [0.5, 0.6) is 0 Å². The Labute approximate surface area is 176 Å². The summed E-state index contributed by atoms with van der Waals surface area (Å²) in [5, 5.41) is 1.05. The maximum Gasteiger partial charge on any atom is 0.325 e. The van der Waals surface area contributed by atoms with Crippen molar-refractivity contribution in [3.05, 3.63) is 74.2 Å². The molecule has 1 heterocycles. The molecule has 1 fully saturated rings. The molecule has 0 aliphatic carbocycles. The first-order valence-electron chi connectivity index (χ1n) is 8.29. The number of hydrogen-bond donors (Lipinski definition) is 0. The normalized spacial score (nSPS) is 16.1. The van der Waals surface area contributed by atoms with E-state index in [0.29, 0.717) is 29.7 Å². The first-order chi connectivity index (χ1) is 12.8. The third-order valence-electron chi connectivity index (χ3n) is 4.18. The standard InChI is InChI=1S/C20H17BrCl2N2O2/c1-13(26)8-14-10-24(12-15-2-5-17(22)9-19(15)23)20(27)25(11-14)18-6-3-16(21)4-7-18/h2-9H,10-12H2,1H3. The van der Waals surface area contributed by atoms with Crippen LogP contribution in [-0.4, -0.2) is 29.8 Å². The number of carbonyl (C=O) groups is 2. The van der Waals surface area contributed by atoms with E-state index in [1.54, 1.807) is 28.0 Å². The van der Waals surface area contributed by atoms with Crippen molar-refractivity contribution in [3.63, 3.8) is 0 Å². The number of amides is 2. The number of carbonyl (C=O) groups excluding carboxylic acids is 2. The van der Waals surface area contributed by atoms with Crippen molar-refractivity contribution in [1.82, 2.24) is 4.90 Å². The third kappa shape index (κ3) is 4.92. The summed E-state index contributed by atoms with van der Waals surface area (Å²) in [7, 11) is 0. The highest BCUT2D eigenvalue weighted by Gasteiger charge is 2.30. The van der Waals surface area contributed by atoms with Crippen LogP contribution in [0.2, 0.25) is 10.0 Å². The molecule has 0 saturated carbocycles. The quantitative estimate of drug-likeness (QED) is 0.540. The van der Waals surface area contributed by atoms with Crippen molar-refractivity contribution in [2.45, 2.75) is 13.5 Å². The van der Waals surface area contributed by atoms with E-state index in [1.165, 1.54) is 6.92 Å². The first kappa shape index (κ1) is 19.9. The fraction of sp³-hybridized carbons (Fsp3) is 0.200. The summed E-state index contributed by atoms with van der Waals surface area (Å²) in [5.41, 5.74) is 2.44. The lowest BCUT2D eigenvalue weighted by Crippen LogP contribution is -2.50. The van der Waals surface area contributed by atoms with Gasteiger partial charge < -0.3 is 4.90 Å². The Morgan fingerprint density at radius 2 is 1.85 bits per heavy atom. The molecule has 1 aliphatic heterocycles. The van der Waals surface area contributed by atoms with Gasteiger partial charge in [0.05, 0.1) is 6.54 Å². The largest absolute Gasteiger partial charge is 0.325 e. The highest BCUT2D eigenvalue weighted by molar-refractivity contribution is 9.10. The summed E-state index contributed by atoms with van der Waals surface area (Å²) in [6.07, 6.45) is 1.59. The van der Waals surface area contributed by atoms with Crippen molar-refractivity contribution in [3.8, 4) is 0 Å². The second-order valence-corrected chi connectivity index (χ2v) is 8.11. The van der Waals surface area contributed by atoms with Crippen molar-refractivity contribution in [2.24, 2.45) is 0 Å². The van der Waals surface area contributed by atoms with Gasteiger partial charge in [0.25, 0.3) is 0 Å². The van der Waals surface area contributed by atoms with Crippen LogP contribution in [0, 0.1) is 0 Å². The van der Waals surface area contributed by atoms with Crippen LogP contribution < -0.4 is 4.90 Å². The average Bonchev–Trinajstić information content (AvgIpc) is 2.60. The molecule has 1 aliphatic rings. The van der Waals surface area contributed by atoms with Gasteiger partial charge in [0, 0.05) is 33.3 Å². The SMILES string of the molecule is CC(=O)C=C1CN(Cc2ccc(Cl)cc2Cl)C(=O)N(c2ccc(Br)cc2)C1. The summed E-state index contributed by atoms with van der Waals surface area (Å²) < 4.78 is 0.931. The Bertz CT molecular complexity index is 913. The molecule has 3 rings (SSSR count). The van der Waals surface area contributed by atoms with E-state index in [4.69, 9.17) is 23.2 Å². The summed E-state index contributed by atoms with van der Waals surface area (Å²) in [6.45, 7) is 2.60. The Kier molecular flexibility index (Phi) is 6.25. The molecule has 0 N–H and O–H groups in total. The maximum absolute atomic E-state index is 13.1. The zero-order valence-electron chi connectivity index (χ0n) is 14.6. The van der Waals surface area contributed by atoms with Crippen LogP contribution >= 0.6 is 39.1 Å². The summed E-state index contributed by atoms with van der Waals surface area (Å²) in [6, 6.07) is 12.6. The van der Waals surface area contributed by atoms with Gasteiger partial charge in [-0.25, -0.2) is 4.79 Å². The Hall–Kier alpha value is -1.82. The molecule has 1 saturated heterocycles. The molecule has 0 atom stereocenters. The van der Waals surface area contributed by atoms with E-state index in [1.807, 2.05) is 30.3 Å². The van der Waals surface area contributed by atoms with Crippen LogP contribution in [0.4, 0.5) is 10.5 Å². The lowest BCUT2D eigenvalue weighted by Gasteiger charge is -2.37. The predicted octanol–water partition coefficient (Wildman–Crippen LogP) is 5.71. The van der Waals surface area contributed by atoms with Crippen LogP contribution in [-0.2, 0) is 11.3 Å². The van der Waals surface area contributed by atoms with Gasteiger partial charge >= 0.3 is 6.03 Å². The molecule has 0 bridgehead atoms. The number of urea groups is 1. The van der Waals surface area contributed by atoms with Gasteiger partial charge in [-0.1, -0.05) is 45.2 Å². The zero-order chi connectivity index (χ0) is 19.6. The van der Waals surface area contributed by atoms with Gasteiger partial charge in [0.2, 0.25) is 0 Å². The molecule has 4 nitrogen and oxygen atoms in total. The van der Waals surface area contributed by atoms with Crippen LogP contribution in [0.15, 0.2) is 58.6 Å². The highest BCUT2D eigenvalue weighted by atomic mass is 79.9. The molecule has 2 amide bonds. The third-order valence-corrected chi connectivity index (χ3v) is 5.29. The molecule has 27 heavy (non-hydrogen) atoms. The number of anilines is 1. The van der Waals surface area contributed by atoms with E-state index in [9.17, 15) is 9.59 Å². The predicted molar refractivity (Wildman–Crippen MR) is 113 cm³/mol. The van der Waals surface area contributed by atoms with E-state index >= 15 is 0 Å². The number of hydrogen-bond acceptors (Lipinski definition) is 2. The van der Waals surface area contributed by atoms with E-state index in [-0.39, 0.29) is 11.8 Å². The van der Waals surface area contributed by atoms with Crippen molar-refractivity contribution >= 4 is 56.6 Å². The van der Waals surface area contributed by atoms with Gasteiger partial charge in [0.1, 0.15) is 0 Å². The van der Waals surface area contributed by atoms with Crippen molar-refractivity contribution in [2.75, 3.05) is 18.0 Å². The minimum Gasteiger partial charge on any atom is -0.316 e. The van der Waals surface area contributed by atoms with E-state index in [2.05, 4.69) is 15.9 Å². The van der Waals surface area contributed by atoms with Gasteiger partial charge in [0.15, 0.2) is 5.78 Å². The molecule has 2 aromatic rings. The van der Waals surface area contributed by atoms with Crippen molar-refractivity contribution in [1.29, 1.82) is 0 Å². The van der Waals surface area contributed by atoms with E-state index in [0.717, 1.165) is 21.3 Å². The van der Waals surface area contributed by atoms with Crippen molar-refractivity contribution < 1.29 is 9.59 Å². The molecule has 0 spiro atoms. The summed E-state index contributed by atoms with van der Waals surface area (Å²) in [5.74, 6) is -0.0421. The van der Waals surface area contributed by atoms with Gasteiger partial charge in [-0.15, -0.1) is 0 Å². The second kappa shape index (κ2) is 8.46. The summed E-state index contributed by atoms with van der Waals surface area (Å²) in [4.78, 5) is 28.0. The van der Waals surface area contributed by atoms with Crippen LogP contribution in [0.25, 0.3) is 0 Å². The minimum absolute atomic E-state index is 0.0421. The number of allylic oxidation sites excluding steroid dienone is 1. The van der Waals surface area contributed by atoms with Gasteiger partial charge in [-0.2, -0.15) is 0 Å². The average molecular weight is 468 g/mol. The second-order valence-electron chi connectivity index (χ2n) is 6.35. The number of rotatable bonds is 4. The first-order valence-corrected chi connectivity index (χ1v) is 9.84. The van der Waals surface area contributed by atoms with Gasteiger partial charge in [-0.05, 0) is 60.5 Å². The number of nitrogens with zero attached hydrogens (tertiary/aromatic N) is 2. The zero-order valence-corrected chi connectivity index (χ0v) is 17.7. The molecular weight excluding hydrogens is 451 g/mol. The molecule has 2 aromatic carbocycles. The molecular formula is C20H17BrCl2N2O2. The lowest BCUT2D eigenvalue weighted by molar-refractivity contribution is -0.112. The number of ketones is 1. The Morgan fingerprint density at radius 1 is 1.15 bits per heavy atom. The summed E-state index contributed by atoms with van der Waals surface area (Å²) >= 11 is 15.6. The number of halogens is 3. The smallest absolute Gasteiger partial charge is 0.316 e. The Morgan fingerprint density at radius 3 is 2.48 bits per heavy atom. The minimum atomic E-state index is -0.135. The number of benzene rings is 2. The van der Waals surface area contributed by atoms with Crippen LogP contribution in [0.3, 0.4) is 0 Å². The molecule has 0 unspecified atom stereocenters. The molecule has 140 valence electrons. The Balaban J connectivity index is 1.92. The monoisotopic (exact) mass is 466 g/mol. The molecule has 7 heteroatoms.